The van der Waals surface area contributed by atoms with E-state index in [2.05, 4.69) is 47.2 Å². The number of hydrogen-bond acceptors (Lipinski definition) is 3. The Kier molecular flexibility index (Phi) is 4.27. The van der Waals surface area contributed by atoms with Gasteiger partial charge in [0.1, 0.15) is 0 Å². The summed E-state index contributed by atoms with van der Waals surface area (Å²) >= 11 is 0. The van der Waals surface area contributed by atoms with E-state index in [4.69, 9.17) is 0 Å². The molecule has 0 bridgehead atoms. The Morgan fingerprint density at radius 1 is 1.00 bits per heavy atom. The standard InChI is InChI=1S/C17H27N3/c1-14-3-4-15(2)17(13-14)20-9-5-16(6-10-20)19-11-7-18-8-12-19/h3-4,13,16,18H,5-12H2,1-2H3. The van der Waals surface area contributed by atoms with Crippen LogP contribution in [0.1, 0.15) is 24.0 Å². The van der Waals surface area contributed by atoms with Gasteiger partial charge in [-0.05, 0) is 43.9 Å². The van der Waals surface area contributed by atoms with E-state index in [9.17, 15) is 0 Å². The number of piperazine rings is 1. The molecule has 0 radical (unpaired) electrons. The van der Waals surface area contributed by atoms with Gasteiger partial charge in [-0.2, -0.15) is 0 Å². The lowest BCUT2D eigenvalue weighted by molar-refractivity contribution is 0.150. The van der Waals surface area contributed by atoms with Crippen LogP contribution in [0.25, 0.3) is 0 Å². The highest BCUT2D eigenvalue weighted by Crippen LogP contribution is 2.26. The van der Waals surface area contributed by atoms with Crippen molar-refractivity contribution in [3.63, 3.8) is 0 Å². The highest BCUT2D eigenvalue weighted by Gasteiger charge is 2.25. The van der Waals surface area contributed by atoms with Gasteiger partial charge in [-0.3, -0.25) is 4.90 Å². The van der Waals surface area contributed by atoms with Crippen LogP contribution in [0.2, 0.25) is 0 Å². The average molecular weight is 273 g/mol. The van der Waals surface area contributed by atoms with Gasteiger partial charge < -0.3 is 10.2 Å². The number of rotatable bonds is 2. The molecule has 0 aliphatic carbocycles. The fourth-order valence-corrected chi connectivity index (χ4v) is 3.58. The molecule has 2 fully saturated rings. The molecular weight excluding hydrogens is 246 g/mol. The maximum absolute atomic E-state index is 3.45. The summed E-state index contributed by atoms with van der Waals surface area (Å²) in [6.07, 6.45) is 2.63. The Morgan fingerprint density at radius 2 is 1.70 bits per heavy atom. The van der Waals surface area contributed by atoms with Crippen molar-refractivity contribution in [2.75, 3.05) is 44.2 Å². The molecule has 2 aliphatic heterocycles. The zero-order valence-electron chi connectivity index (χ0n) is 12.9. The van der Waals surface area contributed by atoms with Crippen LogP contribution in [0.3, 0.4) is 0 Å². The van der Waals surface area contributed by atoms with Crippen LogP contribution in [0.15, 0.2) is 18.2 Å². The number of anilines is 1. The lowest BCUT2D eigenvalue weighted by atomic mass is 10.0. The van der Waals surface area contributed by atoms with E-state index in [1.807, 2.05) is 0 Å². The minimum absolute atomic E-state index is 0.804. The lowest BCUT2D eigenvalue weighted by Gasteiger charge is -2.41. The van der Waals surface area contributed by atoms with Crippen LogP contribution in [-0.2, 0) is 0 Å². The first-order valence-electron chi connectivity index (χ1n) is 8.01. The van der Waals surface area contributed by atoms with Crippen LogP contribution >= 0.6 is 0 Å². The summed E-state index contributed by atoms with van der Waals surface area (Å²) in [5.41, 5.74) is 4.23. The summed E-state index contributed by atoms with van der Waals surface area (Å²) in [7, 11) is 0. The van der Waals surface area contributed by atoms with Gasteiger partial charge in [0, 0.05) is 51.0 Å². The molecule has 0 unspecified atom stereocenters. The highest BCUT2D eigenvalue weighted by atomic mass is 15.2. The Labute approximate surface area is 123 Å². The molecule has 1 aromatic rings. The number of nitrogens with one attached hydrogen (secondary N) is 1. The summed E-state index contributed by atoms with van der Waals surface area (Å²) in [6, 6.07) is 7.62. The second-order valence-electron chi connectivity index (χ2n) is 6.29. The Morgan fingerprint density at radius 3 is 2.40 bits per heavy atom. The molecule has 0 amide bonds. The summed E-state index contributed by atoms with van der Waals surface area (Å²) in [6.45, 7) is 11.6. The third kappa shape index (κ3) is 2.99. The summed E-state index contributed by atoms with van der Waals surface area (Å²) < 4.78 is 0. The van der Waals surface area contributed by atoms with Gasteiger partial charge in [-0.15, -0.1) is 0 Å². The monoisotopic (exact) mass is 273 g/mol. The van der Waals surface area contributed by atoms with E-state index < -0.39 is 0 Å². The van der Waals surface area contributed by atoms with E-state index in [-0.39, 0.29) is 0 Å². The van der Waals surface area contributed by atoms with Crippen molar-refractivity contribution in [1.82, 2.24) is 10.2 Å². The topological polar surface area (TPSA) is 18.5 Å². The minimum Gasteiger partial charge on any atom is -0.371 e. The van der Waals surface area contributed by atoms with Gasteiger partial charge in [0.15, 0.2) is 0 Å². The van der Waals surface area contributed by atoms with Gasteiger partial charge in [0.05, 0.1) is 0 Å². The quantitative estimate of drug-likeness (QED) is 0.891. The van der Waals surface area contributed by atoms with Crippen molar-refractivity contribution in [1.29, 1.82) is 0 Å². The Balaban J connectivity index is 1.61. The third-order valence-corrected chi connectivity index (χ3v) is 4.84. The number of piperidine rings is 1. The molecular formula is C17H27N3. The molecule has 0 spiro atoms. The second-order valence-corrected chi connectivity index (χ2v) is 6.29. The van der Waals surface area contributed by atoms with Crippen molar-refractivity contribution in [3.8, 4) is 0 Å². The van der Waals surface area contributed by atoms with Crippen molar-refractivity contribution in [2.45, 2.75) is 32.7 Å². The van der Waals surface area contributed by atoms with E-state index in [0.29, 0.717) is 0 Å². The molecule has 3 rings (SSSR count). The number of nitrogens with zero attached hydrogens (tertiary/aromatic N) is 2. The molecule has 1 N–H and O–H groups in total. The Hall–Kier alpha value is -1.06. The predicted octanol–water partition coefficient (Wildman–Crippen LogP) is 2.18. The van der Waals surface area contributed by atoms with Gasteiger partial charge in [0.25, 0.3) is 0 Å². The average Bonchev–Trinajstić information content (AvgIpc) is 2.51. The number of aryl methyl sites for hydroxylation is 2. The summed E-state index contributed by atoms with van der Waals surface area (Å²) in [5.74, 6) is 0. The second kappa shape index (κ2) is 6.15. The van der Waals surface area contributed by atoms with Crippen LogP contribution in [0.4, 0.5) is 5.69 Å². The first-order chi connectivity index (χ1) is 9.74. The largest absolute Gasteiger partial charge is 0.371 e. The molecule has 3 heteroatoms. The van der Waals surface area contributed by atoms with Crippen molar-refractivity contribution in [3.05, 3.63) is 29.3 Å². The SMILES string of the molecule is Cc1ccc(C)c(N2CCC(N3CCNCC3)CC2)c1. The van der Waals surface area contributed by atoms with E-state index in [1.165, 1.54) is 55.8 Å². The Bertz CT molecular complexity index is 444. The van der Waals surface area contributed by atoms with Crippen molar-refractivity contribution in [2.24, 2.45) is 0 Å². The smallest absolute Gasteiger partial charge is 0.0398 e. The molecule has 2 heterocycles. The first kappa shape index (κ1) is 13.9. The molecule has 110 valence electrons. The van der Waals surface area contributed by atoms with Gasteiger partial charge in [-0.25, -0.2) is 0 Å². The molecule has 0 aromatic heterocycles. The zero-order chi connectivity index (χ0) is 13.9. The molecule has 0 saturated carbocycles. The molecule has 2 saturated heterocycles. The highest BCUT2D eigenvalue weighted by molar-refractivity contribution is 5.55. The summed E-state index contributed by atoms with van der Waals surface area (Å²) in [4.78, 5) is 5.28. The number of benzene rings is 1. The van der Waals surface area contributed by atoms with E-state index in [1.54, 1.807) is 0 Å². The van der Waals surface area contributed by atoms with E-state index >= 15 is 0 Å². The fraction of sp³-hybridized carbons (Fsp3) is 0.647. The van der Waals surface area contributed by atoms with Gasteiger partial charge in [-0.1, -0.05) is 12.1 Å². The van der Waals surface area contributed by atoms with Crippen LogP contribution in [-0.4, -0.2) is 50.2 Å². The molecule has 1 aromatic carbocycles. The third-order valence-electron chi connectivity index (χ3n) is 4.84. The van der Waals surface area contributed by atoms with Gasteiger partial charge in [0.2, 0.25) is 0 Å². The van der Waals surface area contributed by atoms with Gasteiger partial charge >= 0.3 is 0 Å². The van der Waals surface area contributed by atoms with Crippen LogP contribution in [0.5, 0.6) is 0 Å². The molecule has 2 aliphatic rings. The van der Waals surface area contributed by atoms with Crippen LogP contribution < -0.4 is 10.2 Å². The molecule has 0 atom stereocenters. The van der Waals surface area contributed by atoms with Crippen molar-refractivity contribution < 1.29 is 0 Å². The fourth-order valence-electron chi connectivity index (χ4n) is 3.58. The first-order valence-corrected chi connectivity index (χ1v) is 8.01. The predicted molar refractivity (Wildman–Crippen MR) is 85.6 cm³/mol. The number of hydrogen-bond donors (Lipinski definition) is 1. The molecule has 20 heavy (non-hydrogen) atoms. The lowest BCUT2D eigenvalue weighted by Crippen LogP contribution is -2.52. The van der Waals surface area contributed by atoms with Crippen LogP contribution in [0, 0.1) is 13.8 Å². The minimum atomic E-state index is 0.804. The maximum Gasteiger partial charge on any atom is 0.0398 e. The van der Waals surface area contributed by atoms with E-state index in [0.717, 1.165) is 19.1 Å². The zero-order valence-corrected chi connectivity index (χ0v) is 12.9. The van der Waals surface area contributed by atoms with Crippen molar-refractivity contribution >= 4 is 5.69 Å². The maximum atomic E-state index is 3.45. The normalized spacial score (nSPS) is 22.2. The summed E-state index contributed by atoms with van der Waals surface area (Å²) in [5, 5.41) is 3.45. The molecule has 3 nitrogen and oxygen atoms in total.